The Morgan fingerprint density at radius 3 is 2.78 bits per heavy atom. The van der Waals surface area contributed by atoms with E-state index in [4.69, 9.17) is 9.84 Å². The van der Waals surface area contributed by atoms with Crippen LogP contribution in [0.25, 0.3) is 10.9 Å². The van der Waals surface area contributed by atoms with Crippen LogP contribution in [0, 0.1) is 0 Å². The number of carboxylic acid groups (broad SMARTS) is 1. The summed E-state index contributed by atoms with van der Waals surface area (Å²) < 4.78 is 28.7. The van der Waals surface area contributed by atoms with Crippen molar-refractivity contribution in [1.29, 1.82) is 0 Å². The maximum Gasteiger partial charge on any atom is 0.336 e. The van der Waals surface area contributed by atoms with Gasteiger partial charge in [-0.25, -0.2) is 18.6 Å². The van der Waals surface area contributed by atoms with E-state index in [9.17, 15) is 13.6 Å². The van der Waals surface area contributed by atoms with Crippen LogP contribution in [0.2, 0.25) is 0 Å². The SMILES string of the molecule is O=C(O)c1cccc2nc(OCC(F)F)ccc12. The summed E-state index contributed by atoms with van der Waals surface area (Å²) in [6.07, 6.45) is -2.58. The van der Waals surface area contributed by atoms with Crippen molar-refractivity contribution in [1.82, 2.24) is 4.98 Å². The van der Waals surface area contributed by atoms with Crippen molar-refractivity contribution < 1.29 is 23.4 Å². The summed E-state index contributed by atoms with van der Waals surface area (Å²) in [7, 11) is 0. The number of carboxylic acids is 1. The second-order valence-corrected chi connectivity index (χ2v) is 3.53. The average molecular weight is 253 g/mol. The van der Waals surface area contributed by atoms with E-state index in [0.717, 1.165) is 0 Å². The van der Waals surface area contributed by atoms with Gasteiger partial charge in [0.25, 0.3) is 6.43 Å². The molecule has 0 atom stereocenters. The summed E-state index contributed by atoms with van der Waals surface area (Å²) in [5.41, 5.74) is 0.502. The first kappa shape index (κ1) is 12.2. The zero-order valence-electron chi connectivity index (χ0n) is 9.14. The molecule has 0 saturated carbocycles. The highest BCUT2D eigenvalue weighted by atomic mass is 19.3. The highest BCUT2D eigenvalue weighted by Gasteiger charge is 2.10. The predicted octanol–water partition coefficient (Wildman–Crippen LogP) is 2.58. The van der Waals surface area contributed by atoms with Crippen LogP contribution in [0.3, 0.4) is 0 Å². The molecule has 18 heavy (non-hydrogen) atoms. The number of aromatic nitrogens is 1. The second-order valence-electron chi connectivity index (χ2n) is 3.53. The molecule has 4 nitrogen and oxygen atoms in total. The Hall–Kier alpha value is -2.24. The minimum Gasteiger partial charge on any atom is -0.478 e. The van der Waals surface area contributed by atoms with Gasteiger partial charge in [-0.2, -0.15) is 0 Å². The van der Waals surface area contributed by atoms with Crippen LogP contribution >= 0.6 is 0 Å². The van der Waals surface area contributed by atoms with E-state index >= 15 is 0 Å². The number of ether oxygens (including phenoxy) is 1. The first-order valence-corrected chi connectivity index (χ1v) is 5.12. The molecule has 0 radical (unpaired) electrons. The Morgan fingerprint density at radius 1 is 1.33 bits per heavy atom. The van der Waals surface area contributed by atoms with Gasteiger partial charge in [0.1, 0.15) is 0 Å². The molecule has 0 aliphatic carbocycles. The number of halogens is 2. The molecule has 1 N–H and O–H groups in total. The predicted molar refractivity (Wildman–Crippen MR) is 60.2 cm³/mol. The zero-order valence-corrected chi connectivity index (χ0v) is 9.14. The lowest BCUT2D eigenvalue weighted by atomic mass is 10.1. The van der Waals surface area contributed by atoms with E-state index < -0.39 is 19.0 Å². The smallest absolute Gasteiger partial charge is 0.336 e. The number of rotatable bonds is 4. The van der Waals surface area contributed by atoms with E-state index in [1.54, 1.807) is 6.07 Å². The van der Waals surface area contributed by atoms with Crippen LogP contribution in [-0.2, 0) is 0 Å². The summed E-state index contributed by atoms with van der Waals surface area (Å²) in [4.78, 5) is 14.9. The number of aromatic carboxylic acids is 1. The number of pyridine rings is 1. The number of nitrogens with zero attached hydrogens (tertiary/aromatic N) is 1. The molecule has 0 spiro atoms. The van der Waals surface area contributed by atoms with Gasteiger partial charge < -0.3 is 9.84 Å². The summed E-state index contributed by atoms with van der Waals surface area (Å²) in [6, 6.07) is 7.45. The molecule has 1 aromatic heterocycles. The van der Waals surface area contributed by atoms with Crippen LogP contribution in [0.4, 0.5) is 8.78 Å². The fourth-order valence-corrected chi connectivity index (χ4v) is 1.55. The molecule has 0 amide bonds. The van der Waals surface area contributed by atoms with Crippen LogP contribution in [-0.4, -0.2) is 29.1 Å². The molecule has 2 rings (SSSR count). The highest BCUT2D eigenvalue weighted by Crippen LogP contribution is 2.20. The monoisotopic (exact) mass is 253 g/mol. The Morgan fingerprint density at radius 2 is 2.11 bits per heavy atom. The average Bonchev–Trinajstić information content (AvgIpc) is 2.35. The van der Waals surface area contributed by atoms with Crippen molar-refractivity contribution in [2.45, 2.75) is 6.43 Å². The van der Waals surface area contributed by atoms with Crippen LogP contribution < -0.4 is 4.74 Å². The molecule has 94 valence electrons. The Kier molecular flexibility index (Phi) is 3.36. The van der Waals surface area contributed by atoms with Gasteiger partial charge >= 0.3 is 5.97 Å². The maximum absolute atomic E-state index is 12.0. The lowest BCUT2D eigenvalue weighted by molar-refractivity contribution is 0.0699. The van der Waals surface area contributed by atoms with Gasteiger partial charge in [0.2, 0.25) is 5.88 Å². The lowest BCUT2D eigenvalue weighted by Gasteiger charge is -2.06. The third kappa shape index (κ3) is 2.53. The number of benzene rings is 1. The van der Waals surface area contributed by atoms with E-state index in [1.165, 1.54) is 24.3 Å². The van der Waals surface area contributed by atoms with Crippen LogP contribution in [0.1, 0.15) is 10.4 Å². The summed E-state index contributed by atoms with van der Waals surface area (Å²) >= 11 is 0. The van der Waals surface area contributed by atoms with Crippen molar-refractivity contribution >= 4 is 16.9 Å². The molecule has 0 unspecified atom stereocenters. The number of hydrogen-bond donors (Lipinski definition) is 1. The van der Waals surface area contributed by atoms with Crippen molar-refractivity contribution in [3.8, 4) is 5.88 Å². The third-order valence-electron chi connectivity index (χ3n) is 2.29. The Labute approximate surface area is 101 Å². The van der Waals surface area contributed by atoms with E-state index in [-0.39, 0.29) is 11.4 Å². The molecule has 0 saturated heterocycles. The largest absolute Gasteiger partial charge is 0.478 e. The fraction of sp³-hybridized carbons (Fsp3) is 0.167. The van der Waals surface area contributed by atoms with Crippen LogP contribution in [0.15, 0.2) is 30.3 Å². The standard InChI is InChI=1S/C12H9F2NO3/c13-10(14)6-18-11-5-4-7-8(12(16)17)2-1-3-9(7)15-11/h1-5,10H,6H2,(H,16,17). The molecular formula is C12H9F2NO3. The van der Waals surface area contributed by atoms with Gasteiger partial charge in [0, 0.05) is 11.5 Å². The lowest BCUT2D eigenvalue weighted by Crippen LogP contribution is -2.08. The quantitative estimate of drug-likeness (QED) is 0.909. The molecule has 0 bridgehead atoms. The van der Waals surface area contributed by atoms with E-state index in [1.807, 2.05) is 0 Å². The van der Waals surface area contributed by atoms with Gasteiger partial charge in [0.15, 0.2) is 6.61 Å². The number of hydrogen-bond acceptors (Lipinski definition) is 3. The van der Waals surface area contributed by atoms with Gasteiger partial charge in [-0.05, 0) is 18.2 Å². The molecule has 1 heterocycles. The normalized spacial score (nSPS) is 10.8. The van der Waals surface area contributed by atoms with Crippen molar-refractivity contribution in [2.75, 3.05) is 6.61 Å². The number of fused-ring (bicyclic) bond motifs is 1. The number of alkyl halides is 2. The topological polar surface area (TPSA) is 59.4 Å². The summed E-state index contributed by atoms with van der Waals surface area (Å²) in [5, 5.41) is 9.41. The molecule has 6 heteroatoms. The summed E-state index contributed by atoms with van der Waals surface area (Å²) in [5.74, 6) is -1.02. The second kappa shape index (κ2) is 4.95. The zero-order chi connectivity index (χ0) is 13.1. The van der Waals surface area contributed by atoms with Gasteiger partial charge in [-0.3, -0.25) is 0 Å². The molecule has 0 fully saturated rings. The third-order valence-corrected chi connectivity index (χ3v) is 2.29. The maximum atomic E-state index is 12.0. The van der Waals surface area contributed by atoms with Crippen molar-refractivity contribution in [3.63, 3.8) is 0 Å². The Bertz CT molecular complexity index is 587. The molecule has 2 aromatic rings. The van der Waals surface area contributed by atoms with Gasteiger partial charge in [-0.1, -0.05) is 6.07 Å². The van der Waals surface area contributed by atoms with Crippen molar-refractivity contribution in [3.05, 3.63) is 35.9 Å². The minimum absolute atomic E-state index is 0.0466. The molecule has 1 aromatic carbocycles. The minimum atomic E-state index is -2.58. The van der Waals surface area contributed by atoms with Gasteiger partial charge in [0.05, 0.1) is 11.1 Å². The summed E-state index contributed by atoms with van der Waals surface area (Å²) in [6.45, 7) is -0.739. The van der Waals surface area contributed by atoms with E-state index in [0.29, 0.717) is 10.9 Å². The molecular weight excluding hydrogens is 244 g/mol. The molecule has 0 aliphatic heterocycles. The number of carbonyl (C=O) groups is 1. The first-order chi connectivity index (χ1) is 8.58. The molecule has 0 aliphatic rings. The highest BCUT2D eigenvalue weighted by molar-refractivity contribution is 6.02. The fourth-order valence-electron chi connectivity index (χ4n) is 1.55. The van der Waals surface area contributed by atoms with E-state index in [2.05, 4.69) is 4.98 Å². The van der Waals surface area contributed by atoms with Crippen LogP contribution in [0.5, 0.6) is 5.88 Å². The van der Waals surface area contributed by atoms with Crippen molar-refractivity contribution in [2.24, 2.45) is 0 Å². The Balaban J connectivity index is 2.38. The first-order valence-electron chi connectivity index (χ1n) is 5.12. The van der Waals surface area contributed by atoms with Gasteiger partial charge in [-0.15, -0.1) is 0 Å².